The van der Waals surface area contributed by atoms with Crippen LogP contribution < -0.4 is 11.5 Å². The molecule has 7 heteroatoms. The monoisotopic (exact) mass is 211 g/mol. The third-order valence-corrected chi connectivity index (χ3v) is 2.57. The minimum absolute atomic E-state index is 0.0515. The van der Waals surface area contributed by atoms with Gasteiger partial charge in [-0.05, 0) is 6.54 Å². The van der Waals surface area contributed by atoms with Crippen molar-refractivity contribution in [3.05, 3.63) is 11.9 Å². The summed E-state index contributed by atoms with van der Waals surface area (Å²) in [5, 5.41) is 7.52. The Hall–Kier alpha value is -1.47. The molecule has 1 aromatic rings. The van der Waals surface area contributed by atoms with Gasteiger partial charge in [0.25, 0.3) is 5.91 Å². The molecule has 1 aliphatic rings. The minimum atomic E-state index is -0.579. The van der Waals surface area contributed by atoms with Gasteiger partial charge in [-0.15, -0.1) is 5.10 Å². The SMILES string of the molecule is NC[C@@H]1COC[C@H]1n1cc(C(N)=O)nn1. The van der Waals surface area contributed by atoms with Crippen LogP contribution in [-0.4, -0.2) is 40.7 Å². The first kappa shape index (κ1) is 10.1. The van der Waals surface area contributed by atoms with Crippen molar-refractivity contribution in [2.24, 2.45) is 17.4 Å². The third kappa shape index (κ3) is 1.83. The van der Waals surface area contributed by atoms with Gasteiger partial charge in [-0.25, -0.2) is 4.68 Å². The number of ether oxygens (including phenoxy) is 1. The Morgan fingerprint density at radius 1 is 1.67 bits per heavy atom. The van der Waals surface area contributed by atoms with Crippen molar-refractivity contribution in [3.63, 3.8) is 0 Å². The van der Waals surface area contributed by atoms with Gasteiger partial charge in [-0.2, -0.15) is 0 Å². The Labute approximate surface area is 86.4 Å². The maximum absolute atomic E-state index is 10.8. The van der Waals surface area contributed by atoms with Gasteiger partial charge in [0.15, 0.2) is 5.69 Å². The number of hydrogen-bond donors (Lipinski definition) is 2. The van der Waals surface area contributed by atoms with Gasteiger partial charge in [-0.1, -0.05) is 5.21 Å². The van der Waals surface area contributed by atoms with Crippen LogP contribution in [0.3, 0.4) is 0 Å². The molecule has 1 amide bonds. The van der Waals surface area contributed by atoms with Crippen molar-refractivity contribution in [1.82, 2.24) is 15.0 Å². The van der Waals surface area contributed by atoms with Gasteiger partial charge in [0.05, 0.1) is 25.5 Å². The number of carbonyl (C=O) groups excluding carboxylic acids is 1. The molecule has 2 rings (SSSR count). The van der Waals surface area contributed by atoms with Gasteiger partial charge in [0, 0.05) is 5.92 Å². The van der Waals surface area contributed by atoms with Crippen LogP contribution in [0.5, 0.6) is 0 Å². The summed E-state index contributed by atoms with van der Waals surface area (Å²) in [5.41, 5.74) is 10.8. The molecule has 0 aliphatic carbocycles. The molecule has 15 heavy (non-hydrogen) atoms. The summed E-state index contributed by atoms with van der Waals surface area (Å²) in [7, 11) is 0. The summed E-state index contributed by atoms with van der Waals surface area (Å²) in [4.78, 5) is 10.8. The van der Waals surface area contributed by atoms with Crippen molar-refractivity contribution >= 4 is 5.91 Å². The molecule has 0 saturated carbocycles. The van der Waals surface area contributed by atoms with Crippen LogP contribution in [0, 0.1) is 5.92 Å². The molecule has 1 aromatic heterocycles. The fraction of sp³-hybridized carbons (Fsp3) is 0.625. The molecular weight excluding hydrogens is 198 g/mol. The van der Waals surface area contributed by atoms with Crippen molar-refractivity contribution in [2.45, 2.75) is 6.04 Å². The quantitative estimate of drug-likeness (QED) is 0.634. The number of carbonyl (C=O) groups is 1. The molecule has 4 N–H and O–H groups in total. The molecule has 0 unspecified atom stereocenters. The predicted octanol–water partition coefficient (Wildman–Crippen LogP) is -1.48. The smallest absolute Gasteiger partial charge is 0.270 e. The molecule has 82 valence electrons. The molecule has 0 spiro atoms. The molecule has 0 aromatic carbocycles. The van der Waals surface area contributed by atoms with Crippen molar-refractivity contribution in [2.75, 3.05) is 19.8 Å². The normalized spacial score (nSPS) is 25.7. The molecular formula is C8H13N5O2. The van der Waals surface area contributed by atoms with Crippen LogP contribution in [0.4, 0.5) is 0 Å². The molecule has 0 bridgehead atoms. The molecule has 2 heterocycles. The van der Waals surface area contributed by atoms with E-state index in [4.69, 9.17) is 16.2 Å². The number of primary amides is 1. The first-order valence-electron chi connectivity index (χ1n) is 4.72. The highest BCUT2D eigenvalue weighted by Crippen LogP contribution is 2.23. The van der Waals surface area contributed by atoms with Gasteiger partial charge in [0.2, 0.25) is 0 Å². The number of aromatic nitrogens is 3. The largest absolute Gasteiger partial charge is 0.379 e. The number of rotatable bonds is 3. The van der Waals surface area contributed by atoms with E-state index in [9.17, 15) is 4.79 Å². The summed E-state index contributed by atoms with van der Waals surface area (Å²) < 4.78 is 6.90. The van der Waals surface area contributed by atoms with Crippen LogP contribution >= 0.6 is 0 Å². The average molecular weight is 211 g/mol. The van der Waals surface area contributed by atoms with E-state index >= 15 is 0 Å². The van der Waals surface area contributed by atoms with Gasteiger partial charge >= 0.3 is 0 Å². The lowest BCUT2D eigenvalue weighted by Crippen LogP contribution is -2.25. The number of nitrogens with zero attached hydrogens (tertiary/aromatic N) is 3. The van der Waals surface area contributed by atoms with E-state index in [1.807, 2.05) is 0 Å². The van der Waals surface area contributed by atoms with E-state index in [1.54, 1.807) is 4.68 Å². The third-order valence-electron chi connectivity index (χ3n) is 2.57. The zero-order valence-electron chi connectivity index (χ0n) is 8.17. The maximum atomic E-state index is 10.8. The van der Waals surface area contributed by atoms with Gasteiger partial charge < -0.3 is 16.2 Å². The minimum Gasteiger partial charge on any atom is -0.379 e. The summed E-state index contributed by atoms with van der Waals surface area (Å²) >= 11 is 0. The number of amides is 1. The van der Waals surface area contributed by atoms with Crippen molar-refractivity contribution in [1.29, 1.82) is 0 Å². The first-order chi connectivity index (χ1) is 7.22. The highest BCUT2D eigenvalue weighted by atomic mass is 16.5. The van der Waals surface area contributed by atoms with Gasteiger partial charge in [-0.3, -0.25) is 4.79 Å². The fourth-order valence-electron chi connectivity index (χ4n) is 1.66. The van der Waals surface area contributed by atoms with Crippen LogP contribution in [0.15, 0.2) is 6.20 Å². The van der Waals surface area contributed by atoms with Crippen LogP contribution in [0.25, 0.3) is 0 Å². The van der Waals surface area contributed by atoms with E-state index in [2.05, 4.69) is 10.3 Å². The van der Waals surface area contributed by atoms with E-state index in [1.165, 1.54) is 6.20 Å². The lowest BCUT2D eigenvalue weighted by Gasteiger charge is -2.14. The summed E-state index contributed by atoms with van der Waals surface area (Å²) in [5.74, 6) is -0.364. The number of nitrogens with two attached hydrogens (primary N) is 2. The maximum Gasteiger partial charge on any atom is 0.270 e. The average Bonchev–Trinajstić information content (AvgIpc) is 2.85. The van der Waals surface area contributed by atoms with E-state index < -0.39 is 5.91 Å². The van der Waals surface area contributed by atoms with Crippen LogP contribution in [-0.2, 0) is 4.74 Å². The Balaban J connectivity index is 2.18. The highest BCUT2D eigenvalue weighted by Gasteiger charge is 2.29. The predicted molar refractivity (Wildman–Crippen MR) is 50.9 cm³/mol. The molecule has 0 radical (unpaired) electrons. The molecule has 1 aliphatic heterocycles. The lowest BCUT2D eigenvalue weighted by atomic mass is 10.0. The highest BCUT2D eigenvalue weighted by molar-refractivity contribution is 5.90. The second-order valence-electron chi connectivity index (χ2n) is 3.55. The first-order valence-corrected chi connectivity index (χ1v) is 4.72. The van der Waals surface area contributed by atoms with Crippen molar-refractivity contribution < 1.29 is 9.53 Å². The number of hydrogen-bond acceptors (Lipinski definition) is 5. The second-order valence-corrected chi connectivity index (χ2v) is 3.55. The van der Waals surface area contributed by atoms with E-state index in [-0.39, 0.29) is 17.7 Å². The topological polar surface area (TPSA) is 109 Å². The van der Waals surface area contributed by atoms with Gasteiger partial charge in [0.1, 0.15) is 0 Å². The molecule has 1 saturated heterocycles. The van der Waals surface area contributed by atoms with Crippen LogP contribution in [0.1, 0.15) is 16.5 Å². The molecule has 2 atom stereocenters. The summed E-state index contributed by atoms with van der Waals surface area (Å²) in [6, 6.07) is 0.0515. The zero-order chi connectivity index (χ0) is 10.8. The lowest BCUT2D eigenvalue weighted by molar-refractivity contribution is 0.0995. The van der Waals surface area contributed by atoms with E-state index in [0.717, 1.165) is 0 Å². The fourth-order valence-corrected chi connectivity index (χ4v) is 1.66. The van der Waals surface area contributed by atoms with Crippen LogP contribution in [0.2, 0.25) is 0 Å². The Morgan fingerprint density at radius 2 is 2.47 bits per heavy atom. The summed E-state index contributed by atoms with van der Waals surface area (Å²) in [6.07, 6.45) is 1.53. The Morgan fingerprint density at radius 3 is 3.07 bits per heavy atom. The summed E-state index contributed by atoms with van der Waals surface area (Å²) in [6.45, 7) is 1.69. The second kappa shape index (κ2) is 3.95. The van der Waals surface area contributed by atoms with Crippen molar-refractivity contribution in [3.8, 4) is 0 Å². The Kier molecular flexibility index (Phi) is 2.65. The standard InChI is InChI=1S/C8H13N5O2/c9-1-5-3-15-4-7(5)13-2-6(8(10)14)11-12-13/h2,5,7H,1,3-4,9H2,(H2,10,14)/t5-,7-/m1/s1. The van der Waals surface area contributed by atoms with E-state index in [0.29, 0.717) is 19.8 Å². The molecule has 1 fully saturated rings. The Bertz CT molecular complexity index is 364. The zero-order valence-corrected chi connectivity index (χ0v) is 8.17. The molecule has 7 nitrogen and oxygen atoms in total.